The molecule has 132 valence electrons. The minimum absolute atomic E-state index is 0.184. The van der Waals surface area contributed by atoms with Gasteiger partial charge in [0.15, 0.2) is 0 Å². The van der Waals surface area contributed by atoms with Crippen LogP contribution in [0.4, 0.5) is 10.5 Å². The monoisotopic (exact) mass is 364 g/mol. The summed E-state index contributed by atoms with van der Waals surface area (Å²) in [5, 5.41) is 12.2. The summed E-state index contributed by atoms with van der Waals surface area (Å²) in [6.45, 7) is 0. The summed E-state index contributed by atoms with van der Waals surface area (Å²) in [5.41, 5.74) is 1.78. The quantitative estimate of drug-likeness (QED) is 0.474. The molecule has 0 aliphatic heterocycles. The molecule has 2 amide bonds. The maximum absolute atomic E-state index is 12.7. The average Bonchev–Trinajstić information content (AvgIpc) is 2.68. The molecule has 3 aromatic carbocycles. The molecule has 0 aliphatic carbocycles. The van der Waals surface area contributed by atoms with Gasteiger partial charge in [-0.3, -0.25) is 0 Å². The molecule has 0 fully saturated rings. The molecule has 1 unspecified atom stereocenters. The van der Waals surface area contributed by atoms with Gasteiger partial charge in [0.2, 0.25) is 0 Å². The molecule has 1 atom stereocenters. The Morgan fingerprint density at radius 1 is 0.923 bits per heavy atom. The van der Waals surface area contributed by atoms with Gasteiger partial charge in [-0.1, -0.05) is 60.3 Å². The van der Waals surface area contributed by atoms with Gasteiger partial charge >= 0.3 is 6.03 Å². The zero-order valence-electron chi connectivity index (χ0n) is 14.4. The van der Waals surface area contributed by atoms with E-state index in [4.69, 9.17) is 0 Å². The molecule has 0 spiro atoms. The van der Waals surface area contributed by atoms with Gasteiger partial charge in [0.25, 0.3) is 0 Å². The Morgan fingerprint density at radius 3 is 2.12 bits per heavy atom. The highest BCUT2D eigenvalue weighted by atomic mass is 32.2. The number of amides is 2. The highest BCUT2D eigenvalue weighted by Gasteiger charge is 2.23. The van der Waals surface area contributed by atoms with Gasteiger partial charge < -0.3 is 15.3 Å². The summed E-state index contributed by atoms with van der Waals surface area (Å²) >= 11 is 1.55. The highest BCUT2D eigenvalue weighted by Crippen LogP contribution is 2.38. The van der Waals surface area contributed by atoms with Crippen molar-refractivity contribution in [1.82, 2.24) is 4.90 Å². The maximum atomic E-state index is 12.7. The average molecular weight is 364 g/mol. The summed E-state index contributed by atoms with van der Waals surface area (Å²) in [5.74, 6) is 0.223. The Bertz CT molecular complexity index is 839. The van der Waals surface area contributed by atoms with E-state index in [9.17, 15) is 9.90 Å². The van der Waals surface area contributed by atoms with Crippen LogP contribution < -0.4 is 5.32 Å². The van der Waals surface area contributed by atoms with Crippen LogP contribution in [-0.2, 0) is 0 Å². The zero-order valence-corrected chi connectivity index (χ0v) is 15.2. The number of para-hydroxylation sites is 1. The molecular weight excluding hydrogens is 344 g/mol. The predicted octanol–water partition coefficient (Wildman–Crippen LogP) is 5.35. The van der Waals surface area contributed by atoms with Crippen molar-refractivity contribution < 1.29 is 9.90 Å². The van der Waals surface area contributed by atoms with Crippen LogP contribution in [0.25, 0.3) is 0 Å². The number of anilines is 1. The Hall–Kier alpha value is -2.92. The number of rotatable bonds is 5. The van der Waals surface area contributed by atoms with Gasteiger partial charge in [-0.25, -0.2) is 4.79 Å². The second-order valence-corrected chi connectivity index (χ2v) is 6.94. The number of urea groups is 1. The van der Waals surface area contributed by atoms with Crippen LogP contribution in [0.1, 0.15) is 10.9 Å². The van der Waals surface area contributed by atoms with E-state index in [1.54, 1.807) is 35.8 Å². The first-order valence-corrected chi connectivity index (χ1v) is 9.11. The summed E-state index contributed by atoms with van der Waals surface area (Å²) < 4.78 is 0. The third-order valence-corrected chi connectivity index (χ3v) is 5.22. The summed E-state index contributed by atoms with van der Waals surface area (Å²) in [6, 6.07) is 26.1. The fourth-order valence-electron chi connectivity index (χ4n) is 2.48. The number of benzene rings is 3. The highest BCUT2D eigenvalue weighted by molar-refractivity contribution is 7.99. The van der Waals surface area contributed by atoms with E-state index in [2.05, 4.69) is 5.32 Å². The van der Waals surface area contributed by atoms with Crippen molar-refractivity contribution in [3.63, 3.8) is 0 Å². The second-order valence-electron chi connectivity index (χ2n) is 5.78. The first kappa shape index (κ1) is 17.9. The van der Waals surface area contributed by atoms with Crippen molar-refractivity contribution in [2.45, 2.75) is 10.3 Å². The number of nitrogens with zero attached hydrogens (tertiary/aromatic N) is 1. The standard InChI is InChI=1S/C21H20N2O2S/c1-23(21(25)22-17-10-6-3-7-11-17)20(16-8-4-2-5-9-16)26-19-14-12-18(24)13-15-19/h2-15,20,24H,1H3,(H,22,25). The van der Waals surface area contributed by atoms with E-state index in [-0.39, 0.29) is 17.2 Å². The molecule has 2 N–H and O–H groups in total. The number of phenols is 1. The van der Waals surface area contributed by atoms with E-state index < -0.39 is 0 Å². The van der Waals surface area contributed by atoms with Crippen LogP contribution in [0.15, 0.2) is 89.8 Å². The number of thioether (sulfide) groups is 1. The Kier molecular flexibility index (Phi) is 5.81. The van der Waals surface area contributed by atoms with Crippen LogP contribution in [0.3, 0.4) is 0 Å². The molecule has 0 saturated carbocycles. The molecule has 4 nitrogen and oxygen atoms in total. The summed E-state index contributed by atoms with van der Waals surface area (Å²) in [7, 11) is 1.78. The van der Waals surface area contributed by atoms with E-state index in [1.165, 1.54) is 0 Å². The molecule has 3 rings (SSSR count). The molecule has 5 heteroatoms. The smallest absolute Gasteiger partial charge is 0.322 e. The molecule has 26 heavy (non-hydrogen) atoms. The van der Waals surface area contributed by atoms with Gasteiger partial charge in [-0.05, 0) is 42.0 Å². The lowest BCUT2D eigenvalue weighted by Gasteiger charge is -2.28. The lowest BCUT2D eigenvalue weighted by atomic mass is 10.2. The summed E-state index contributed by atoms with van der Waals surface area (Å²) in [6.07, 6.45) is 0. The number of carbonyl (C=O) groups is 1. The van der Waals surface area contributed by atoms with Crippen molar-refractivity contribution >= 4 is 23.5 Å². The van der Waals surface area contributed by atoms with Crippen LogP contribution >= 0.6 is 11.8 Å². The lowest BCUT2D eigenvalue weighted by Crippen LogP contribution is -2.33. The number of aromatic hydroxyl groups is 1. The fourth-order valence-corrected chi connectivity index (χ4v) is 3.58. The third-order valence-electron chi connectivity index (χ3n) is 3.87. The fraction of sp³-hybridized carbons (Fsp3) is 0.0952. The van der Waals surface area contributed by atoms with Gasteiger partial charge in [-0.2, -0.15) is 0 Å². The molecule has 0 aromatic heterocycles. The predicted molar refractivity (Wildman–Crippen MR) is 106 cm³/mol. The molecule has 0 saturated heterocycles. The number of hydrogen-bond donors (Lipinski definition) is 2. The molecule has 0 aliphatic rings. The Balaban J connectivity index is 1.82. The van der Waals surface area contributed by atoms with E-state index >= 15 is 0 Å². The second kappa shape index (κ2) is 8.45. The topological polar surface area (TPSA) is 52.6 Å². The first-order valence-electron chi connectivity index (χ1n) is 8.23. The zero-order chi connectivity index (χ0) is 18.4. The largest absolute Gasteiger partial charge is 0.508 e. The van der Waals surface area contributed by atoms with Gasteiger partial charge in [0.1, 0.15) is 11.1 Å². The Morgan fingerprint density at radius 2 is 1.50 bits per heavy atom. The summed E-state index contributed by atoms with van der Waals surface area (Å²) in [4.78, 5) is 15.4. The molecular formula is C21H20N2O2S. The van der Waals surface area contributed by atoms with Crippen molar-refractivity contribution in [3.05, 3.63) is 90.5 Å². The number of hydrogen-bond acceptors (Lipinski definition) is 3. The van der Waals surface area contributed by atoms with E-state index in [0.29, 0.717) is 0 Å². The van der Waals surface area contributed by atoms with Crippen molar-refractivity contribution in [2.24, 2.45) is 0 Å². The van der Waals surface area contributed by atoms with E-state index in [0.717, 1.165) is 16.1 Å². The maximum Gasteiger partial charge on any atom is 0.322 e. The number of carbonyl (C=O) groups excluding carboxylic acids is 1. The van der Waals surface area contributed by atoms with Gasteiger partial charge in [0, 0.05) is 17.6 Å². The van der Waals surface area contributed by atoms with Crippen LogP contribution in [0, 0.1) is 0 Å². The van der Waals surface area contributed by atoms with Crippen LogP contribution in [-0.4, -0.2) is 23.1 Å². The molecule has 3 aromatic rings. The number of nitrogens with one attached hydrogen (secondary N) is 1. The van der Waals surface area contributed by atoms with Crippen molar-refractivity contribution in [2.75, 3.05) is 12.4 Å². The molecule has 0 heterocycles. The lowest BCUT2D eigenvalue weighted by molar-refractivity contribution is 0.219. The third kappa shape index (κ3) is 4.58. The Labute approximate surface area is 157 Å². The van der Waals surface area contributed by atoms with Crippen LogP contribution in [0.2, 0.25) is 0 Å². The minimum atomic E-state index is -0.204. The van der Waals surface area contributed by atoms with Gasteiger partial charge in [0.05, 0.1) is 0 Å². The molecule has 0 radical (unpaired) electrons. The minimum Gasteiger partial charge on any atom is -0.508 e. The van der Waals surface area contributed by atoms with Crippen molar-refractivity contribution in [1.29, 1.82) is 0 Å². The van der Waals surface area contributed by atoms with Gasteiger partial charge in [-0.15, -0.1) is 0 Å². The normalized spacial score (nSPS) is 11.6. The molecule has 0 bridgehead atoms. The van der Waals surface area contributed by atoms with Crippen molar-refractivity contribution in [3.8, 4) is 5.75 Å². The SMILES string of the molecule is CN(C(=O)Nc1ccccc1)C(Sc1ccc(O)cc1)c1ccccc1. The van der Waals surface area contributed by atoms with E-state index in [1.807, 2.05) is 72.8 Å². The first-order chi connectivity index (χ1) is 12.6. The van der Waals surface area contributed by atoms with Crippen LogP contribution in [0.5, 0.6) is 5.75 Å². The number of phenolic OH excluding ortho intramolecular Hbond substituents is 1.